The fraction of sp³-hybridized carbons (Fsp3) is 0.600. The molecule has 0 radical (unpaired) electrons. The van der Waals surface area contributed by atoms with Gasteiger partial charge in [-0.05, 0) is 55.9 Å². The summed E-state index contributed by atoms with van der Waals surface area (Å²) in [6.45, 7) is 9.12. The smallest absolute Gasteiger partial charge is 0.255 e. The Morgan fingerprint density at radius 3 is 2.81 bits per heavy atom. The number of carbonyl (C=O) groups is 2. The van der Waals surface area contributed by atoms with Crippen LogP contribution in [0, 0.1) is 5.41 Å². The number of carbonyl (C=O) groups excluding carboxylic acids is 2. The zero-order chi connectivity index (χ0) is 22.3. The van der Waals surface area contributed by atoms with Crippen molar-refractivity contribution in [3.05, 3.63) is 41.6 Å². The summed E-state index contributed by atoms with van der Waals surface area (Å²) < 4.78 is 11.8. The second kappa shape index (κ2) is 8.52. The van der Waals surface area contributed by atoms with Gasteiger partial charge in [0.25, 0.3) is 5.91 Å². The normalized spacial score (nSPS) is 29.3. The number of benzene rings is 1. The Kier molecular flexibility index (Phi) is 5.72. The van der Waals surface area contributed by atoms with Gasteiger partial charge < -0.3 is 25.0 Å². The maximum Gasteiger partial charge on any atom is 0.255 e. The minimum absolute atomic E-state index is 0.0765. The van der Waals surface area contributed by atoms with Crippen molar-refractivity contribution in [2.24, 2.45) is 5.41 Å². The molecule has 172 valence electrons. The van der Waals surface area contributed by atoms with Gasteiger partial charge in [-0.25, -0.2) is 0 Å². The van der Waals surface area contributed by atoms with E-state index in [1.807, 2.05) is 18.2 Å². The average molecular weight is 440 g/mol. The topological polar surface area (TPSA) is 79.9 Å². The van der Waals surface area contributed by atoms with Crippen molar-refractivity contribution in [2.75, 3.05) is 19.8 Å². The first-order valence-corrected chi connectivity index (χ1v) is 11.8. The second-order valence-electron chi connectivity index (χ2n) is 10.1. The largest absolute Gasteiger partial charge is 0.489 e. The van der Waals surface area contributed by atoms with Gasteiger partial charge in [0.15, 0.2) is 0 Å². The molecular formula is C25H33N3O4. The highest BCUT2D eigenvalue weighted by Crippen LogP contribution is 2.33. The van der Waals surface area contributed by atoms with Crippen LogP contribution < -0.4 is 15.4 Å². The Labute approximate surface area is 189 Å². The van der Waals surface area contributed by atoms with Crippen molar-refractivity contribution in [3.8, 4) is 5.75 Å². The van der Waals surface area contributed by atoms with Gasteiger partial charge in [-0.3, -0.25) is 9.59 Å². The minimum atomic E-state index is -0.437. The highest BCUT2D eigenvalue weighted by molar-refractivity contribution is 6.01. The van der Waals surface area contributed by atoms with Crippen LogP contribution in [-0.4, -0.2) is 54.7 Å². The molecule has 5 rings (SSSR count). The van der Waals surface area contributed by atoms with Gasteiger partial charge >= 0.3 is 0 Å². The van der Waals surface area contributed by atoms with E-state index in [9.17, 15) is 9.59 Å². The van der Waals surface area contributed by atoms with Crippen molar-refractivity contribution in [1.29, 1.82) is 0 Å². The molecular weight excluding hydrogens is 406 g/mol. The number of nitrogens with zero attached hydrogens (tertiary/aromatic N) is 1. The molecule has 7 nitrogen and oxygen atoms in total. The predicted molar refractivity (Wildman–Crippen MR) is 120 cm³/mol. The number of hydrogen-bond donors (Lipinski definition) is 2. The van der Waals surface area contributed by atoms with Crippen LogP contribution >= 0.6 is 0 Å². The van der Waals surface area contributed by atoms with E-state index in [-0.39, 0.29) is 23.3 Å². The zero-order valence-electron chi connectivity index (χ0n) is 18.8. The lowest BCUT2D eigenvalue weighted by Gasteiger charge is -2.41. The summed E-state index contributed by atoms with van der Waals surface area (Å²) in [6, 6.07) is 5.63. The number of fused-ring (bicyclic) bond motifs is 1. The van der Waals surface area contributed by atoms with Crippen molar-refractivity contribution in [2.45, 2.75) is 70.2 Å². The summed E-state index contributed by atoms with van der Waals surface area (Å²) in [5.74, 6) is 0.588. The average Bonchev–Trinajstić information content (AvgIpc) is 3.07. The summed E-state index contributed by atoms with van der Waals surface area (Å²) in [5.41, 5.74) is 2.56. The number of ether oxygens (including phenoxy) is 2. The Balaban J connectivity index is 1.25. The zero-order valence-corrected chi connectivity index (χ0v) is 18.8. The van der Waals surface area contributed by atoms with E-state index < -0.39 is 6.04 Å². The van der Waals surface area contributed by atoms with Gasteiger partial charge in [0.1, 0.15) is 17.9 Å². The number of rotatable bonds is 6. The van der Waals surface area contributed by atoms with Gasteiger partial charge in [0.2, 0.25) is 5.91 Å². The molecule has 1 aliphatic carbocycles. The van der Waals surface area contributed by atoms with Gasteiger partial charge in [-0.15, -0.1) is 0 Å². The monoisotopic (exact) mass is 439 g/mol. The number of amides is 2. The van der Waals surface area contributed by atoms with E-state index in [1.165, 1.54) is 12.8 Å². The van der Waals surface area contributed by atoms with Crippen LogP contribution in [0.5, 0.6) is 5.75 Å². The molecule has 1 aromatic rings. The maximum absolute atomic E-state index is 13.0. The second-order valence-corrected chi connectivity index (χ2v) is 10.1. The van der Waals surface area contributed by atoms with Gasteiger partial charge in [-0.2, -0.15) is 0 Å². The molecule has 7 heteroatoms. The maximum atomic E-state index is 13.0. The molecule has 4 aliphatic rings. The Hall–Kier alpha value is -2.38. The van der Waals surface area contributed by atoms with Crippen LogP contribution in [0.15, 0.2) is 30.5 Å². The molecule has 0 spiro atoms. The van der Waals surface area contributed by atoms with Crippen LogP contribution in [-0.2, 0) is 16.1 Å². The number of piperidine rings is 1. The first-order chi connectivity index (χ1) is 15.4. The first-order valence-electron chi connectivity index (χ1n) is 11.8. The van der Waals surface area contributed by atoms with Gasteiger partial charge in [0, 0.05) is 35.8 Å². The van der Waals surface area contributed by atoms with E-state index >= 15 is 0 Å². The lowest BCUT2D eigenvalue weighted by Crippen LogP contribution is -2.53. The Morgan fingerprint density at radius 2 is 2.06 bits per heavy atom. The SMILES string of the molecule is C=C1CCC(N2Cc3cc(O[C@@H]4CCCC[C@@H]4NCC4(C)COC4)ccc3C2=O)C(=O)N1. The quantitative estimate of drug-likeness (QED) is 0.713. The fourth-order valence-corrected chi connectivity index (χ4v) is 5.28. The van der Waals surface area contributed by atoms with E-state index in [2.05, 4.69) is 24.1 Å². The van der Waals surface area contributed by atoms with Crippen molar-refractivity contribution >= 4 is 11.8 Å². The molecule has 1 saturated carbocycles. The molecule has 1 unspecified atom stereocenters. The molecule has 0 aromatic heterocycles. The third-order valence-electron chi connectivity index (χ3n) is 7.29. The van der Waals surface area contributed by atoms with Crippen LogP contribution in [0.3, 0.4) is 0 Å². The molecule has 3 aliphatic heterocycles. The first kappa shape index (κ1) is 21.5. The van der Waals surface area contributed by atoms with E-state index in [0.717, 1.165) is 49.6 Å². The molecule has 3 fully saturated rings. The molecule has 1 aromatic carbocycles. The summed E-state index contributed by atoms with van der Waals surface area (Å²) in [7, 11) is 0. The highest BCUT2D eigenvalue weighted by Gasteiger charge is 2.39. The van der Waals surface area contributed by atoms with E-state index in [0.29, 0.717) is 31.0 Å². The van der Waals surface area contributed by atoms with Crippen LogP contribution in [0.2, 0.25) is 0 Å². The standard InChI is InChI=1S/C25H33N3O4/c1-16-7-10-21(23(29)27-16)28-12-17-11-18(8-9-19(17)24(28)30)32-22-6-4-3-5-20(22)26-13-25(2)14-31-15-25/h8-9,11,20-22,26H,1,3-7,10,12-15H2,2H3,(H,27,29)/t20-,21?,22+/m0/s1. The lowest BCUT2D eigenvalue weighted by molar-refractivity contribution is -0.126. The molecule has 2 saturated heterocycles. The van der Waals surface area contributed by atoms with Crippen molar-refractivity contribution in [1.82, 2.24) is 15.5 Å². The van der Waals surface area contributed by atoms with Gasteiger partial charge in [-0.1, -0.05) is 19.9 Å². The predicted octanol–water partition coefficient (Wildman–Crippen LogP) is 2.75. The summed E-state index contributed by atoms with van der Waals surface area (Å²) in [5, 5.41) is 6.52. The Bertz CT molecular complexity index is 926. The lowest BCUT2D eigenvalue weighted by atomic mass is 9.86. The van der Waals surface area contributed by atoms with Crippen molar-refractivity contribution in [3.63, 3.8) is 0 Å². The van der Waals surface area contributed by atoms with E-state index in [4.69, 9.17) is 9.47 Å². The Morgan fingerprint density at radius 1 is 1.25 bits per heavy atom. The number of nitrogens with one attached hydrogen (secondary N) is 2. The van der Waals surface area contributed by atoms with E-state index in [1.54, 1.807) is 4.90 Å². The third kappa shape index (κ3) is 4.16. The number of allylic oxidation sites excluding steroid dienone is 1. The minimum Gasteiger partial charge on any atom is -0.489 e. The molecule has 3 atom stereocenters. The molecule has 2 N–H and O–H groups in total. The summed E-state index contributed by atoms with van der Waals surface area (Å²) >= 11 is 0. The van der Waals surface area contributed by atoms with Crippen LogP contribution in [0.4, 0.5) is 0 Å². The summed E-state index contributed by atoms with van der Waals surface area (Å²) in [4.78, 5) is 27.0. The molecule has 32 heavy (non-hydrogen) atoms. The van der Waals surface area contributed by atoms with Gasteiger partial charge in [0.05, 0.1) is 13.2 Å². The van der Waals surface area contributed by atoms with Crippen molar-refractivity contribution < 1.29 is 19.1 Å². The molecule has 3 heterocycles. The third-order valence-corrected chi connectivity index (χ3v) is 7.29. The highest BCUT2D eigenvalue weighted by atomic mass is 16.5. The van der Waals surface area contributed by atoms with Crippen LogP contribution in [0.25, 0.3) is 0 Å². The molecule has 2 amide bonds. The summed E-state index contributed by atoms with van der Waals surface area (Å²) in [6.07, 6.45) is 5.96. The van der Waals surface area contributed by atoms with Crippen LogP contribution in [0.1, 0.15) is 61.4 Å². The number of hydrogen-bond acceptors (Lipinski definition) is 5. The fourth-order valence-electron chi connectivity index (χ4n) is 5.28. The molecule has 0 bridgehead atoms.